The molecule has 0 unspecified atom stereocenters. The maximum atomic E-state index is 11.4. The molecule has 2 rings (SSSR count). The van der Waals surface area contributed by atoms with Crippen molar-refractivity contribution in [2.45, 2.75) is 13.1 Å². The summed E-state index contributed by atoms with van der Waals surface area (Å²) >= 11 is 0. The maximum Gasteiger partial charge on any atom is 0.410 e. The van der Waals surface area contributed by atoms with E-state index in [1.54, 1.807) is 0 Å². The molecule has 16 heavy (non-hydrogen) atoms. The summed E-state index contributed by atoms with van der Waals surface area (Å²) in [5.74, 6) is 0.552. The number of fused-ring (bicyclic) bond motifs is 1. The number of nitrogens with two attached hydrogens (primary N) is 1. The van der Waals surface area contributed by atoms with Crippen molar-refractivity contribution in [3.8, 4) is 5.88 Å². The van der Waals surface area contributed by atoms with Crippen LogP contribution in [0.25, 0.3) is 0 Å². The van der Waals surface area contributed by atoms with Gasteiger partial charge >= 0.3 is 6.09 Å². The first-order valence-electron chi connectivity index (χ1n) is 4.68. The minimum absolute atomic E-state index is 0.141. The standard InChI is InChI=1S/C9H12N4O3/c1-15-7-5-3-13(9(14)16-2)4-6(5)11-8(10)12-7/h3-4H2,1-2H3,(H2,10,11,12). The summed E-state index contributed by atoms with van der Waals surface area (Å²) in [4.78, 5) is 20.9. The van der Waals surface area contributed by atoms with Crippen molar-refractivity contribution in [2.24, 2.45) is 0 Å². The predicted molar refractivity (Wildman–Crippen MR) is 54.6 cm³/mol. The molecule has 0 saturated carbocycles. The third-order valence-corrected chi connectivity index (χ3v) is 2.39. The molecular weight excluding hydrogens is 212 g/mol. The third-order valence-electron chi connectivity index (χ3n) is 2.39. The normalized spacial score (nSPS) is 13.5. The Morgan fingerprint density at radius 3 is 2.75 bits per heavy atom. The van der Waals surface area contributed by atoms with Gasteiger partial charge in [-0.25, -0.2) is 9.78 Å². The Morgan fingerprint density at radius 1 is 1.38 bits per heavy atom. The van der Waals surface area contributed by atoms with Gasteiger partial charge in [0, 0.05) is 0 Å². The van der Waals surface area contributed by atoms with E-state index in [-0.39, 0.29) is 5.95 Å². The summed E-state index contributed by atoms with van der Waals surface area (Å²) in [6.45, 7) is 0.747. The zero-order chi connectivity index (χ0) is 11.7. The van der Waals surface area contributed by atoms with E-state index in [9.17, 15) is 4.79 Å². The molecule has 0 aliphatic carbocycles. The lowest BCUT2D eigenvalue weighted by Gasteiger charge is -2.12. The topological polar surface area (TPSA) is 90.6 Å². The number of hydrogen-bond donors (Lipinski definition) is 1. The first-order valence-corrected chi connectivity index (χ1v) is 4.68. The van der Waals surface area contributed by atoms with Crippen molar-refractivity contribution in [2.75, 3.05) is 20.0 Å². The van der Waals surface area contributed by atoms with E-state index < -0.39 is 6.09 Å². The highest BCUT2D eigenvalue weighted by Gasteiger charge is 2.29. The maximum absolute atomic E-state index is 11.4. The fourth-order valence-electron chi connectivity index (χ4n) is 1.67. The van der Waals surface area contributed by atoms with Crippen LogP contribution in [0.15, 0.2) is 0 Å². The van der Waals surface area contributed by atoms with Crippen molar-refractivity contribution in [1.29, 1.82) is 0 Å². The fraction of sp³-hybridized carbons (Fsp3) is 0.444. The minimum atomic E-state index is -0.404. The van der Waals surface area contributed by atoms with E-state index in [0.717, 1.165) is 5.56 Å². The summed E-state index contributed by atoms with van der Waals surface area (Å²) in [6, 6.07) is 0. The second-order valence-corrected chi connectivity index (χ2v) is 3.34. The van der Waals surface area contributed by atoms with Crippen LogP contribution in [0, 0.1) is 0 Å². The molecule has 1 amide bonds. The van der Waals surface area contributed by atoms with E-state index in [1.165, 1.54) is 19.1 Å². The molecule has 0 aromatic carbocycles. The highest BCUT2D eigenvalue weighted by Crippen LogP contribution is 2.28. The highest BCUT2D eigenvalue weighted by atomic mass is 16.5. The molecule has 0 spiro atoms. The number of rotatable bonds is 1. The van der Waals surface area contributed by atoms with Crippen LogP contribution in [0.4, 0.5) is 10.7 Å². The Bertz CT molecular complexity index is 435. The molecule has 86 valence electrons. The van der Waals surface area contributed by atoms with Crippen LogP contribution in [0.2, 0.25) is 0 Å². The van der Waals surface area contributed by atoms with E-state index in [0.29, 0.717) is 24.7 Å². The number of ether oxygens (including phenoxy) is 2. The predicted octanol–water partition coefficient (Wildman–Crippen LogP) is 0.149. The van der Waals surface area contributed by atoms with Gasteiger partial charge in [0.05, 0.1) is 38.6 Å². The zero-order valence-electron chi connectivity index (χ0n) is 9.06. The molecule has 1 aromatic rings. The first-order chi connectivity index (χ1) is 7.65. The van der Waals surface area contributed by atoms with Crippen molar-refractivity contribution < 1.29 is 14.3 Å². The molecule has 0 fully saturated rings. The number of nitrogens with zero attached hydrogens (tertiary/aromatic N) is 3. The van der Waals surface area contributed by atoms with Gasteiger partial charge in [0.25, 0.3) is 0 Å². The fourth-order valence-corrected chi connectivity index (χ4v) is 1.67. The number of carbonyl (C=O) groups excluding carboxylic acids is 1. The van der Waals surface area contributed by atoms with Crippen LogP contribution in [-0.4, -0.2) is 35.2 Å². The lowest BCUT2D eigenvalue weighted by atomic mass is 10.2. The van der Waals surface area contributed by atoms with E-state index in [2.05, 4.69) is 14.7 Å². The lowest BCUT2D eigenvalue weighted by molar-refractivity contribution is 0.123. The van der Waals surface area contributed by atoms with Crippen molar-refractivity contribution in [3.05, 3.63) is 11.3 Å². The van der Waals surface area contributed by atoms with Gasteiger partial charge in [-0.2, -0.15) is 4.98 Å². The molecule has 0 radical (unpaired) electrons. The Hall–Kier alpha value is -2.05. The largest absolute Gasteiger partial charge is 0.481 e. The summed E-state index contributed by atoms with van der Waals surface area (Å²) < 4.78 is 9.73. The zero-order valence-corrected chi connectivity index (χ0v) is 9.06. The van der Waals surface area contributed by atoms with Crippen LogP contribution in [0.3, 0.4) is 0 Å². The van der Waals surface area contributed by atoms with Gasteiger partial charge in [-0.3, -0.25) is 4.90 Å². The van der Waals surface area contributed by atoms with Crippen molar-refractivity contribution in [3.63, 3.8) is 0 Å². The van der Waals surface area contributed by atoms with Gasteiger partial charge in [0.1, 0.15) is 0 Å². The first kappa shape index (κ1) is 10.5. The van der Waals surface area contributed by atoms with Crippen LogP contribution in [0.5, 0.6) is 5.88 Å². The summed E-state index contributed by atoms with van der Waals surface area (Å²) in [5, 5.41) is 0. The summed E-state index contributed by atoms with van der Waals surface area (Å²) in [5.41, 5.74) is 7.01. The molecule has 1 aromatic heterocycles. The second-order valence-electron chi connectivity index (χ2n) is 3.34. The molecule has 7 heteroatoms. The lowest BCUT2D eigenvalue weighted by Crippen LogP contribution is -2.24. The van der Waals surface area contributed by atoms with Gasteiger partial charge in [-0.1, -0.05) is 0 Å². The van der Waals surface area contributed by atoms with Gasteiger partial charge in [0.2, 0.25) is 11.8 Å². The smallest absolute Gasteiger partial charge is 0.410 e. The van der Waals surface area contributed by atoms with E-state index in [1.807, 2.05) is 0 Å². The number of hydrogen-bond acceptors (Lipinski definition) is 6. The van der Waals surface area contributed by atoms with Crippen LogP contribution in [-0.2, 0) is 17.8 Å². The number of anilines is 1. The SMILES string of the molecule is COC(=O)N1Cc2nc(N)nc(OC)c2C1. The minimum Gasteiger partial charge on any atom is -0.481 e. The summed E-state index contributed by atoms with van der Waals surface area (Å²) in [6.07, 6.45) is -0.404. The Morgan fingerprint density at radius 2 is 2.12 bits per heavy atom. The number of amides is 1. The Balaban J connectivity index is 2.33. The number of nitrogen functional groups attached to an aromatic ring is 1. The van der Waals surface area contributed by atoms with Crippen LogP contribution < -0.4 is 10.5 Å². The van der Waals surface area contributed by atoms with Crippen LogP contribution >= 0.6 is 0 Å². The number of methoxy groups -OCH3 is 2. The average molecular weight is 224 g/mol. The monoisotopic (exact) mass is 224 g/mol. The molecule has 1 aliphatic heterocycles. The van der Waals surface area contributed by atoms with Crippen molar-refractivity contribution in [1.82, 2.24) is 14.9 Å². The van der Waals surface area contributed by atoms with Gasteiger partial charge < -0.3 is 15.2 Å². The molecule has 2 heterocycles. The van der Waals surface area contributed by atoms with Gasteiger partial charge in [-0.15, -0.1) is 0 Å². The number of carbonyl (C=O) groups is 1. The third kappa shape index (κ3) is 1.60. The van der Waals surface area contributed by atoms with Crippen LogP contribution in [0.1, 0.15) is 11.3 Å². The van der Waals surface area contributed by atoms with Gasteiger partial charge in [0.15, 0.2) is 0 Å². The number of aromatic nitrogens is 2. The molecule has 0 saturated heterocycles. The molecular formula is C9H12N4O3. The Kier molecular flexibility index (Phi) is 2.51. The van der Waals surface area contributed by atoms with E-state index in [4.69, 9.17) is 10.5 Å². The quantitative estimate of drug-likeness (QED) is 0.730. The molecule has 0 atom stereocenters. The second kappa shape index (κ2) is 3.84. The van der Waals surface area contributed by atoms with E-state index >= 15 is 0 Å². The highest BCUT2D eigenvalue weighted by molar-refractivity contribution is 5.68. The Labute approximate surface area is 92.2 Å². The molecule has 0 bridgehead atoms. The molecule has 2 N–H and O–H groups in total. The molecule has 1 aliphatic rings. The summed E-state index contributed by atoms with van der Waals surface area (Å²) in [7, 11) is 2.84. The average Bonchev–Trinajstić information content (AvgIpc) is 2.70. The van der Waals surface area contributed by atoms with Gasteiger partial charge in [-0.05, 0) is 0 Å². The molecule has 7 nitrogen and oxygen atoms in total. The van der Waals surface area contributed by atoms with Crippen molar-refractivity contribution >= 4 is 12.0 Å².